The Morgan fingerprint density at radius 3 is 2.59 bits per heavy atom. The van der Waals surface area contributed by atoms with Gasteiger partial charge in [0.05, 0.1) is 22.4 Å². The number of anilines is 1. The smallest absolute Gasteiger partial charge is 0.351 e. The number of nitrogens with zero attached hydrogens (tertiary/aromatic N) is 6. The molecule has 2 aromatic heterocycles. The average Bonchev–Trinajstić information content (AvgIpc) is 2.98. The summed E-state index contributed by atoms with van der Waals surface area (Å²) in [5.74, 6) is -2.88. The van der Waals surface area contributed by atoms with E-state index < -0.39 is 50.2 Å². The van der Waals surface area contributed by atoms with Crippen LogP contribution in [0, 0.1) is 18.2 Å². The quantitative estimate of drug-likeness (QED) is 0.247. The lowest BCUT2D eigenvalue weighted by molar-refractivity contribution is -0.128. The highest BCUT2D eigenvalue weighted by Gasteiger charge is 2.34. The third-order valence-corrected chi connectivity index (χ3v) is 8.55. The number of pyridine rings is 1. The summed E-state index contributed by atoms with van der Waals surface area (Å²) in [6, 6.07) is 9.90. The minimum atomic E-state index is -3.71. The molecule has 44 heavy (non-hydrogen) atoms. The molecule has 0 aliphatic carbocycles. The molecule has 1 aliphatic rings. The summed E-state index contributed by atoms with van der Waals surface area (Å²) in [5, 5.41) is 10.4. The molecule has 1 amide bonds. The van der Waals surface area contributed by atoms with Crippen molar-refractivity contribution < 1.29 is 27.1 Å². The molecule has 1 aliphatic heterocycles. The monoisotopic (exact) mass is 620 g/mol. The number of phenols is 1. The van der Waals surface area contributed by atoms with Gasteiger partial charge in [-0.25, -0.2) is 33.5 Å². The highest BCUT2D eigenvalue weighted by Crippen LogP contribution is 2.35. The number of halogens is 2. The van der Waals surface area contributed by atoms with Gasteiger partial charge in [-0.05, 0) is 35.9 Å². The van der Waals surface area contributed by atoms with E-state index in [4.69, 9.17) is 6.57 Å². The van der Waals surface area contributed by atoms with Gasteiger partial charge in [0.2, 0.25) is 12.5 Å². The molecule has 5 rings (SSSR count). The normalized spacial score (nSPS) is 15.3. The third kappa shape index (κ3) is 5.61. The molecule has 11 nitrogen and oxygen atoms in total. The zero-order valence-electron chi connectivity index (χ0n) is 23.4. The number of phenolic OH excluding ortho intramolecular Hbond substituents is 1. The van der Waals surface area contributed by atoms with E-state index >= 15 is 4.39 Å². The molecule has 14 heteroatoms. The molecule has 226 valence electrons. The lowest BCUT2D eigenvalue weighted by Gasteiger charge is -2.39. The molecule has 1 saturated heterocycles. The van der Waals surface area contributed by atoms with Crippen LogP contribution in [0.4, 0.5) is 14.6 Å². The molecule has 1 fully saturated rings. The number of benzene rings is 2. The molecule has 3 heterocycles. The van der Waals surface area contributed by atoms with Crippen LogP contribution >= 0.6 is 0 Å². The largest absolute Gasteiger partial charge is 0.507 e. The Morgan fingerprint density at radius 2 is 1.91 bits per heavy atom. The van der Waals surface area contributed by atoms with E-state index in [2.05, 4.69) is 21.4 Å². The Hall–Kier alpha value is -5.16. The summed E-state index contributed by atoms with van der Waals surface area (Å²) in [6.07, 6.45) is 2.17. The predicted molar refractivity (Wildman–Crippen MR) is 159 cm³/mol. The van der Waals surface area contributed by atoms with E-state index in [1.807, 2.05) is 0 Å². The Balaban J connectivity index is 1.74. The highest BCUT2D eigenvalue weighted by molar-refractivity contribution is 7.90. The van der Waals surface area contributed by atoms with E-state index in [1.165, 1.54) is 35.2 Å². The van der Waals surface area contributed by atoms with Crippen LogP contribution < -0.4 is 10.6 Å². The molecular formula is C30H26F2N6O5S. The van der Waals surface area contributed by atoms with Crippen LogP contribution in [0.2, 0.25) is 0 Å². The Morgan fingerprint density at radius 1 is 1.16 bits per heavy atom. The number of hydrogen-bond donors (Lipinski definition) is 1. The maximum absolute atomic E-state index is 15.7. The van der Waals surface area contributed by atoms with Crippen molar-refractivity contribution in [3.8, 4) is 17.0 Å². The SMILES string of the molecule is [C-]#[N+]CC1CN(c2nc(=O)n(Cc3ccccc3S(C)(=O)=O)c3nc(-c4c(O)cccc4F)c(F)cc23)CCN1C(=O)C=C. The minimum absolute atomic E-state index is 0.0223. The van der Waals surface area contributed by atoms with E-state index in [0.29, 0.717) is 0 Å². The maximum atomic E-state index is 15.7. The summed E-state index contributed by atoms with van der Waals surface area (Å²) in [7, 11) is -3.71. The summed E-state index contributed by atoms with van der Waals surface area (Å²) in [5.41, 5.74) is -1.85. The van der Waals surface area contributed by atoms with Crippen LogP contribution in [0.5, 0.6) is 5.75 Å². The van der Waals surface area contributed by atoms with Gasteiger partial charge in [-0.1, -0.05) is 30.8 Å². The maximum Gasteiger partial charge on any atom is 0.351 e. The third-order valence-electron chi connectivity index (χ3n) is 7.36. The van der Waals surface area contributed by atoms with Crippen LogP contribution in [0.3, 0.4) is 0 Å². The number of carbonyl (C=O) groups is 1. The van der Waals surface area contributed by atoms with Gasteiger partial charge >= 0.3 is 5.69 Å². The fraction of sp³-hybridized carbons (Fsp3) is 0.233. The van der Waals surface area contributed by atoms with Crippen molar-refractivity contribution in [2.24, 2.45) is 0 Å². The van der Waals surface area contributed by atoms with E-state index in [-0.39, 0.29) is 65.9 Å². The first-order valence-electron chi connectivity index (χ1n) is 13.3. The molecule has 0 spiro atoms. The number of aromatic nitrogens is 3. The first-order chi connectivity index (χ1) is 20.9. The molecule has 0 saturated carbocycles. The fourth-order valence-electron chi connectivity index (χ4n) is 5.34. The fourth-order valence-corrected chi connectivity index (χ4v) is 6.28. The molecule has 1 atom stereocenters. The topological polar surface area (TPSA) is 130 Å². The number of piperazine rings is 1. The molecule has 1 unspecified atom stereocenters. The van der Waals surface area contributed by atoms with Gasteiger partial charge in [-0.3, -0.25) is 9.36 Å². The van der Waals surface area contributed by atoms with E-state index in [9.17, 15) is 27.5 Å². The van der Waals surface area contributed by atoms with Crippen LogP contribution in [0.15, 0.2) is 70.9 Å². The number of amides is 1. The van der Waals surface area contributed by atoms with Crippen molar-refractivity contribution in [3.63, 3.8) is 0 Å². The standard InChI is InChI=1S/C30H26F2N6O5S/c1-4-25(40)37-13-12-36(17-19(37)15-33-2)28-20-14-22(32)27(26-21(31)9-7-10-23(26)39)34-29(20)38(30(41)35-28)16-18-8-5-6-11-24(18)44(3,42)43/h4-11,14,19,39H,1,12-13,15-17H2,3H3. The average molecular weight is 621 g/mol. The summed E-state index contributed by atoms with van der Waals surface area (Å²) in [6.45, 7) is 10.9. The molecule has 0 radical (unpaired) electrons. The van der Waals surface area contributed by atoms with Crippen LogP contribution in [-0.4, -0.2) is 77.3 Å². The van der Waals surface area contributed by atoms with Crippen molar-refractivity contribution in [3.05, 3.63) is 100 Å². The number of hydrogen-bond acceptors (Lipinski definition) is 8. The van der Waals surface area contributed by atoms with Crippen LogP contribution in [0.25, 0.3) is 27.1 Å². The van der Waals surface area contributed by atoms with Gasteiger partial charge in [0.1, 0.15) is 34.8 Å². The van der Waals surface area contributed by atoms with Crippen molar-refractivity contribution in [2.45, 2.75) is 17.5 Å². The Labute approximate surface area is 251 Å². The molecule has 1 N–H and O–H groups in total. The first-order valence-corrected chi connectivity index (χ1v) is 15.2. The van der Waals surface area contributed by atoms with E-state index in [1.54, 1.807) is 11.0 Å². The second-order valence-electron chi connectivity index (χ2n) is 10.2. The number of aromatic hydroxyl groups is 1. The highest BCUT2D eigenvalue weighted by atomic mass is 32.2. The lowest BCUT2D eigenvalue weighted by atomic mass is 10.1. The van der Waals surface area contributed by atoms with Crippen molar-refractivity contribution in [1.29, 1.82) is 0 Å². The molecule has 0 bridgehead atoms. The van der Waals surface area contributed by atoms with Gasteiger partial charge in [-0.15, -0.1) is 0 Å². The van der Waals surface area contributed by atoms with Gasteiger partial charge in [-0.2, -0.15) is 4.98 Å². The summed E-state index contributed by atoms with van der Waals surface area (Å²) in [4.78, 5) is 41.1. The molecule has 2 aromatic carbocycles. The van der Waals surface area contributed by atoms with Gasteiger partial charge in [0, 0.05) is 25.9 Å². The molecular weight excluding hydrogens is 594 g/mol. The molecule has 4 aromatic rings. The zero-order valence-corrected chi connectivity index (χ0v) is 24.3. The summed E-state index contributed by atoms with van der Waals surface area (Å²) < 4.78 is 56.6. The van der Waals surface area contributed by atoms with Gasteiger partial charge in [0.25, 0.3) is 0 Å². The minimum Gasteiger partial charge on any atom is -0.507 e. The van der Waals surface area contributed by atoms with Crippen LogP contribution in [0.1, 0.15) is 5.56 Å². The number of rotatable bonds is 7. The predicted octanol–water partition coefficient (Wildman–Crippen LogP) is 3.02. The van der Waals surface area contributed by atoms with Crippen molar-refractivity contribution in [2.75, 3.05) is 37.3 Å². The Bertz CT molecular complexity index is 2000. The number of carbonyl (C=O) groups excluding carboxylic acids is 1. The van der Waals surface area contributed by atoms with Crippen LogP contribution in [-0.2, 0) is 21.2 Å². The summed E-state index contributed by atoms with van der Waals surface area (Å²) >= 11 is 0. The van der Waals surface area contributed by atoms with Gasteiger partial charge < -0.3 is 19.8 Å². The number of fused-ring (bicyclic) bond motifs is 1. The Kier molecular flexibility index (Phi) is 8.16. The zero-order chi connectivity index (χ0) is 31.8. The first kappa shape index (κ1) is 30.3. The van der Waals surface area contributed by atoms with E-state index in [0.717, 1.165) is 29.0 Å². The van der Waals surface area contributed by atoms with Crippen molar-refractivity contribution >= 4 is 32.6 Å². The number of sulfone groups is 1. The van der Waals surface area contributed by atoms with Gasteiger partial charge in [0.15, 0.2) is 15.7 Å². The lowest BCUT2D eigenvalue weighted by Crippen LogP contribution is -2.56. The second kappa shape index (κ2) is 11.8. The second-order valence-corrected chi connectivity index (χ2v) is 12.2. The van der Waals surface area contributed by atoms with Crippen molar-refractivity contribution in [1.82, 2.24) is 19.4 Å².